The summed E-state index contributed by atoms with van der Waals surface area (Å²) in [6.45, 7) is 1.91. The van der Waals surface area contributed by atoms with Gasteiger partial charge in [-0.05, 0) is 47.7 Å². The number of amides is 1. The zero-order valence-electron chi connectivity index (χ0n) is 11.2. The van der Waals surface area contributed by atoms with Crippen molar-refractivity contribution in [3.63, 3.8) is 0 Å². The highest BCUT2D eigenvalue weighted by Gasteiger charge is 2.13. The Labute approximate surface area is 139 Å². The Kier molecular flexibility index (Phi) is 4.07. The van der Waals surface area contributed by atoms with Gasteiger partial charge in [0.05, 0.1) is 19.8 Å². The highest BCUT2D eigenvalue weighted by atomic mass is 127. The summed E-state index contributed by atoms with van der Waals surface area (Å²) in [6.07, 6.45) is 0. The van der Waals surface area contributed by atoms with Crippen LogP contribution in [0, 0.1) is 9.81 Å². The summed E-state index contributed by atoms with van der Waals surface area (Å²) in [5.41, 5.74) is 2.44. The first kappa shape index (κ1) is 14.3. The molecule has 2 aromatic heterocycles. The van der Waals surface area contributed by atoms with E-state index >= 15 is 0 Å². The molecule has 1 N–H and O–H groups in total. The van der Waals surface area contributed by atoms with Crippen LogP contribution in [0.3, 0.4) is 0 Å². The Morgan fingerprint density at radius 3 is 2.71 bits per heavy atom. The van der Waals surface area contributed by atoms with Gasteiger partial charge in [-0.15, -0.1) is 11.3 Å². The van der Waals surface area contributed by atoms with Crippen molar-refractivity contribution in [2.45, 2.75) is 6.92 Å². The van der Waals surface area contributed by atoms with Crippen molar-refractivity contribution in [1.29, 1.82) is 0 Å². The van der Waals surface area contributed by atoms with Crippen LogP contribution in [0.25, 0.3) is 5.69 Å². The number of rotatable bonds is 3. The lowest BCUT2D eigenvalue weighted by atomic mass is 10.3. The molecular formula is C15H12IN3OS. The normalized spacial score (nSPS) is 10.6. The second-order valence-corrected chi connectivity index (χ2v) is 7.32. The average molecular weight is 409 g/mol. The van der Waals surface area contributed by atoms with Crippen molar-refractivity contribution in [2.75, 3.05) is 5.32 Å². The molecule has 1 amide bonds. The quantitative estimate of drug-likeness (QED) is 0.663. The van der Waals surface area contributed by atoms with Gasteiger partial charge >= 0.3 is 0 Å². The van der Waals surface area contributed by atoms with E-state index in [4.69, 9.17) is 0 Å². The molecule has 0 radical (unpaired) electrons. The number of aryl methyl sites for hydroxylation is 1. The van der Waals surface area contributed by atoms with Crippen LogP contribution in [0.15, 0.2) is 47.8 Å². The second kappa shape index (κ2) is 5.98. The van der Waals surface area contributed by atoms with E-state index in [-0.39, 0.29) is 5.91 Å². The lowest BCUT2D eigenvalue weighted by Gasteiger charge is -2.08. The zero-order valence-corrected chi connectivity index (χ0v) is 14.2. The fourth-order valence-electron chi connectivity index (χ4n) is 1.97. The first-order chi connectivity index (χ1) is 10.1. The molecule has 106 valence electrons. The van der Waals surface area contributed by atoms with Gasteiger partial charge in [-0.2, -0.15) is 5.10 Å². The molecule has 3 aromatic rings. The number of carbonyl (C=O) groups is 1. The Morgan fingerprint density at radius 2 is 2.05 bits per heavy atom. The number of para-hydroxylation sites is 1. The zero-order chi connectivity index (χ0) is 14.8. The number of anilines is 1. The van der Waals surface area contributed by atoms with E-state index in [1.165, 1.54) is 0 Å². The monoisotopic (exact) mass is 409 g/mol. The van der Waals surface area contributed by atoms with Gasteiger partial charge in [0.1, 0.15) is 5.82 Å². The fraction of sp³-hybridized carbons (Fsp3) is 0.0667. The largest absolute Gasteiger partial charge is 0.306 e. The Balaban J connectivity index is 1.91. The molecule has 3 rings (SSSR count). The summed E-state index contributed by atoms with van der Waals surface area (Å²) in [6, 6.07) is 13.5. The average Bonchev–Trinajstić information content (AvgIpc) is 3.06. The number of benzene rings is 1. The van der Waals surface area contributed by atoms with Crippen molar-refractivity contribution >= 4 is 45.7 Å². The predicted molar refractivity (Wildman–Crippen MR) is 93.3 cm³/mol. The van der Waals surface area contributed by atoms with Crippen LogP contribution in [0.5, 0.6) is 0 Å². The number of hydrogen-bond donors (Lipinski definition) is 1. The summed E-state index contributed by atoms with van der Waals surface area (Å²) < 4.78 is 2.83. The van der Waals surface area contributed by atoms with E-state index in [1.807, 2.05) is 54.8 Å². The molecule has 0 bridgehead atoms. The predicted octanol–water partition coefficient (Wildman–Crippen LogP) is 4.10. The van der Waals surface area contributed by atoms with E-state index in [1.54, 1.807) is 16.0 Å². The van der Waals surface area contributed by atoms with Gasteiger partial charge in [0, 0.05) is 11.4 Å². The number of hydrogen-bond acceptors (Lipinski definition) is 3. The van der Waals surface area contributed by atoms with Gasteiger partial charge in [0.2, 0.25) is 0 Å². The number of thiophene rings is 1. The minimum Gasteiger partial charge on any atom is -0.306 e. The van der Waals surface area contributed by atoms with Gasteiger partial charge in [-0.1, -0.05) is 18.2 Å². The molecule has 6 heteroatoms. The molecule has 21 heavy (non-hydrogen) atoms. The number of halogens is 1. The molecule has 0 fully saturated rings. The van der Waals surface area contributed by atoms with Gasteiger partial charge in [0.25, 0.3) is 5.91 Å². The molecule has 0 saturated carbocycles. The Bertz CT molecular complexity index is 779. The Hall–Kier alpha value is -1.67. The van der Waals surface area contributed by atoms with Crippen molar-refractivity contribution in [1.82, 2.24) is 9.78 Å². The summed E-state index contributed by atoms with van der Waals surface area (Å²) >= 11 is 3.76. The van der Waals surface area contributed by atoms with Crippen LogP contribution < -0.4 is 5.32 Å². The van der Waals surface area contributed by atoms with Gasteiger partial charge in [-0.3, -0.25) is 4.79 Å². The number of aromatic nitrogens is 2. The molecule has 0 spiro atoms. The molecule has 1 aromatic carbocycles. The lowest BCUT2D eigenvalue weighted by Crippen LogP contribution is -2.14. The third-order valence-corrected chi connectivity index (χ3v) is 4.69. The summed E-state index contributed by atoms with van der Waals surface area (Å²) in [7, 11) is 0. The van der Waals surface area contributed by atoms with Crippen molar-refractivity contribution in [3.8, 4) is 5.69 Å². The smallest absolute Gasteiger partial charge is 0.257 e. The first-order valence-electron chi connectivity index (χ1n) is 6.31. The number of nitrogens with one attached hydrogen (secondary N) is 1. The van der Waals surface area contributed by atoms with Crippen LogP contribution in [0.2, 0.25) is 0 Å². The van der Waals surface area contributed by atoms with E-state index in [9.17, 15) is 4.79 Å². The molecular weight excluding hydrogens is 397 g/mol. The molecule has 0 aliphatic rings. The third-order valence-electron chi connectivity index (χ3n) is 2.90. The van der Waals surface area contributed by atoms with Crippen molar-refractivity contribution in [2.24, 2.45) is 0 Å². The summed E-state index contributed by atoms with van der Waals surface area (Å²) in [5.74, 6) is 0.552. The van der Waals surface area contributed by atoms with E-state index < -0.39 is 0 Å². The highest BCUT2D eigenvalue weighted by Crippen LogP contribution is 2.20. The van der Waals surface area contributed by atoms with Crippen LogP contribution in [0.4, 0.5) is 5.82 Å². The number of nitrogens with zero attached hydrogens (tertiary/aromatic N) is 2. The lowest BCUT2D eigenvalue weighted by molar-refractivity contribution is 0.102. The molecule has 0 atom stereocenters. The van der Waals surface area contributed by atoms with E-state index in [0.29, 0.717) is 11.4 Å². The van der Waals surface area contributed by atoms with E-state index in [2.05, 4.69) is 33.0 Å². The third kappa shape index (κ3) is 3.16. The fourth-order valence-corrected chi connectivity index (χ4v) is 3.30. The first-order valence-corrected chi connectivity index (χ1v) is 8.27. The number of carbonyl (C=O) groups excluding carboxylic acids is 1. The van der Waals surface area contributed by atoms with Gasteiger partial charge < -0.3 is 5.32 Å². The minimum atomic E-state index is -0.119. The Morgan fingerprint density at radius 1 is 1.29 bits per heavy atom. The summed E-state index contributed by atoms with van der Waals surface area (Å²) in [5, 5.41) is 9.21. The standard InChI is InChI=1S/C15H12IN3OS/c1-10-7-14(17-15(20)11-8-13(16)21-9-11)19(18-10)12-5-3-2-4-6-12/h2-9H,1H3,(H,17,20). The van der Waals surface area contributed by atoms with Gasteiger partial charge in [0.15, 0.2) is 0 Å². The maximum Gasteiger partial charge on any atom is 0.257 e. The van der Waals surface area contributed by atoms with Crippen LogP contribution >= 0.6 is 33.9 Å². The topological polar surface area (TPSA) is 46.9 Å². The van der Waals surface area contributed by atoms with Gasteiger partial charge in [-0.25, -0.2) is 4.68 Å². The summed E-state index contributed by atoms with van der Waals surface area (Å²) in [4.78, 5) is 12.3. The second-order valence-electron chi connectivity index (χ2n) is 4.51. The highest BCUT2D eigenvalue weighted by molar-refractivity contribution is 14.1. The van der Waals surface area contributed by atoms with Crippen LogP contribution in [-0.2, 0) is 0 Å². The van der Waals surface area contributed by atoms with E-state index in [0.717, 1.165) is 14.3 Å². The minimum absolute atomic E-state index is 0.119. The van der Waals surface area contributed by atoms with Crippen molar-refractivity contribution < 1.29 is 4.79 Å². The molecule has 2 heterocycles. The van der Waals surface area contributed by atoms with Crippen LogP contribution in [0.1, 0.15) is 16.1 Å². The molecule has 0 aliphatic carbocycles. The molecule has 4 nitrogen and oxygen atoms in total. The van der Waals surface area contributed by atoms with Crippen molar-refractivity contribution in [3.05, 3.63) is 62.0 Å². The molecule has 0 aliphatic heterocycles. The van der Waals surface area contributed by atoms with Crippen LogP contribution in [-0.4, -0.2) is 15.7 Å². The molecule has 0 unspecified atom stereocenters. The maximum absolute atomic E-state index is 12.3. The maximum atomic E-state index is 12.3. The molecule has 0 saturated heterocycles. The SMILES string of the molecule is Cc1cc(NC(=O)c2csc(I)c2)n(-c2ccccc2)n1.